The van der Waals surface area contributed by atoms with Crippen LogP contribution in [0.4, 0.5) is 4.39 Å². The monoisotopic (exact) mass is 292 g/mol. The van der Waals surface area contributed by atoms with Crippen molar-refractivity contribution in [2.75, 3.05) is 26.7 Å². The number of carbonyl (C=O) groups excluding carboxylic acids is 1. The Hall–Kier alpha value is -1.26. The van der Waals surface area contributed by atoms with E-state index >= 15 is 0 Å². The smallest absolute Gasteiger partial charge is 0.179 e. The maximum absolute atomic E-state index is 12.9. The zero-order chi connectivity index (χ0) is 15.4. The van der Waals surface area contributed by atoms with Gasteiger partial charge in [0.2, 0.25) is 0 Å². The zero-order valence-electron chi connectivity index (χ0n) is 13.2. The molecule has 2 atom stereocenters. The molecule has 2 rings (SSSR count). The summed E-state index contributed by atoms with van der Waals surface area (Å²) >= 11 is 0. The molecule has 1 aliphatic heterocycles. The Morgan fingerprint density at radius 3 is 2.71 bits per heavy atom. The van der Waals surface area contributed by atoms with E-state index in [1.807, 2.05) is 14.0 Å². The van der Waals surface area contributed by atoms with E-state index < -0.39 is 0 Å². The summed E-state index contributed by atoms with van der Waals surface area (Å²) in [6.45, 7) is 7.25. The molecule has 0 aliphatic carbocycles. The van der Waals surface area contributed by atoms with Gasteiger partial charge in [-0.15, -0.1) is 0 Å². The average Bonchev–Trinajstić information content (AvgIpc) is 2.93. The van der Waals surface area contributed by atoms with Gasteiger partial charge in [0, 0.05) is 18.2 Å². The topological polar surface area (TPSA) is 23.6 Å². The summed E-state index contributed by atoms with van der Waals surface area (Å²) in [6, 6.07) is 6.18. The summed E-state index contributed by atoms with van der Waals surface area (Å²) in [4.78, 5) is 17.0. The van der Waals surface area contributed by atoms with E-state index in [1.54, 1.807) is 12.1 Å². The minimum atomic E-state index is -0.308. The summed E-state index contributed by atoms with van der Waals surface area (Å²) in [6.07, 6.45) is 2.45. The number of Topliss-reactive ketones (excluding diaryl/α,β-unsaturated/α-hetero) is 1. The standard InChI is InChI=1S/C17H25FN2O/c1-4-20-11-5-6-16(20)12-19(3)13(2)17(21)14-7-9-15(18)10-8-14/h7-10,13,16H,4-6,11-12H2,1-3H3. The van der Waals surface area contributed by atoms with Gasteiger partial charge in [-0.3, -0.25) is 14.6 Å². The van der Waals surface area contributed by atoms with Gasteiger partial charge in [0.25, 0.3) is 0 Å². The predicted octanol–water partition coefficient (Wildman–Crippen LogP) is 2.81. The molecule has 0 spiro atoms. The zero-order valence-corrected chi connectivity index (χ0v) is 13.2. The van der Waals surface area contributed by atoms with Crippen molar-refractivity contribution in [3.05, 3.63) is 35.6 Å². The number of halogens is 1. The second-order valence-corrected chi connectivity index (χ2v) is 5.91. The maximum Gasteiger partial charge on any atom is 0.179 e. The first kappa shape index (κ1) is 16.1. The second kappa shape index (κ2) is 7.14. The van der Waals surface area contributed by atoms with E-state index in [4.69, 9.17) is 0 Å². The molecule has 1 saturated heterocycles. The lowest BCUT2D eigenvalue weighted by Crippen LogP contribution is -2.44. The van der Waals surface area contributed by atoms with Crippen LogP contribution in [0.5, 0.6) is 0 Å². The lowest BCUT2D eigenvalue weighted by Gasteiger charge is -2.30. The number of carbonyl (C=O) groups is 1. The van der Waals surface area contributed by atoms with E-state index in [0.717, 1.165) is 19.6 Å². The molecule has 0 radical (unpaired) electrons. The van der Waals surface area contributed by atoms with E-state index in [0.29, 0.717) is 11.6 Å². The predicted molar refractivity (Wildman–Crippen MR) is 83.1 cm³/mol. The first-order valence-corrected chi connectivity index (χ1v) is 7.77. The van der Waals surface area contributed by atoms with Crippen LogP contribution < -0.4 is 0 Å². The Balaban J connectivity index is 1.96. The summed E-state index contributed by atoms with van der Waals surface area (Å²) in [5.41, 5.74) is 0.578. The third-order valence-corrected chi connectivity index (χ3v) is 4.57. The third kappa shape index (κ3) is 3.89. The normalized spacial score (nSPS) is 20.9. The molecule has 0 amide bonds. The van der Waals surface area contributed by atoms with Gasteiger partial charge in [0.15, 0.2) is 5.78 Å². The highest BCUT2D eigenvalue weighted by Gasteiger charge is 2.27. The van der Waals surface area contributed by atoms with Crippen LogP contribution in [0.3, 0.4) is 0 Å². The highest BCUT2D eigenvalue weighted by atomic mass is 19.1. The molecular weight excluding hydrogens is 267 g/mol. The first-order chi connectivity index (χ1) is 10.0. The number of likely N-dealkylation sites (tertiary alicyclic amines) is 1. The van der Waals surface area contributed by atoms with Gasteiger partial charge in [-0.1, -0.05) is 6.92 Å². The van der Waals surface area contributed by atoms with Crippen molar-refractivity contribution in [2.45, 2.75) is 38.8 Å². The summed E-state index contributed by atoms with van der Waals surface area (Å²) < 4.78 is 12.9. The number of nitrogens with zero attached hydrogens (tertiary/aromatic N) is 2. The quantitative estimate of drug-likeness (QED) is 0.753. The molecule has 1 aromatic rings. The summed E-state index contributed by atoms with van der Waals surface area (Å²) in [7, 11) is 2.00. The van der Waals surface area contributed by atoms with Crippen LogP contribution in [-0.4, -0.2) is 54.3 Å². The summed E-state index contributed by atoms with van der Waals surface area (Å²) in [5, 5.41) is 0. The number of hydrogen-bond acceptors (Lipinski definition) is 3. The molecule has 21 heavy (non-hydrogen) atoms. The molecule has 1 aromatic carbocycles. The molecule has 1 fully saturated rings. The summed E-state index contributed by atoms with van der Waals surface area (Å²) in [5.74, 6) is -0.254. The number of rotatable bonds is 6. The SMILES string of the molecule is CCN1CCCC1CN(C)C(C)C(=O)c1ccc(F)cc1. The molecule has 0 N–H and O–H groups in total. The fourth-order valence-corrected chi connectivity index (χ4v) is 3.06. The van der Waals surface area contributed by atoms with Gasteiger partial charge >= 0.3 is 0 Å². The van der Waals surface area contributed by atoms with Crippen LogP contribution >= 0.6 is 0 Å². The highest BCUT2D eigenvalue weighted by Crippen LogP contribution is 2.19. The molecule has 0 aromatic heterocycles. The minimum Gasteiger partial charge on any atom is -0.299 e. The lowest BCUT2D eigenvalue weighted by atomic mass is 10.0. The van der Waals surface area contributed by atoms with Gasteiger partial charge < -0.3 is 0 Å². The van der Waals surface area contributed by atoms with Crippen LogP contribution in [0, 0.1) is 5.82 Å². The van der Waals surface area contributed by atoms with Crippen molar-refractivity contribution in [3.8, 4) is 0 Å². The van der Waals surface area contributed by atoms with Gasteiger partial charge in [0.1, 0.15) is 5.82 Å². The lowest BCUT2D eigenvalue weighted by molar-refractivity contribution is 0.0836. The Kier molecular flexibility index (Phi) is 5.48. The number of benzene rings is 1. The van der Waals surface area contributed by atoms with Crippen LogP contribution in [0.25, 0.3) is 0 Å². The van der Waals surface area contributed by atoms with Crippen molar-refractivity contribution in [2.24, 2.45) is 0 Å². The van der Waals surface area contributed by atoms with Crippen molar-refractivity contribution in [1.82, 2.24) is 9.80 Å². The molecule has 3 nitrogen and oxygen atoms in total. The average molecular weight is 292 g/mol. The van der Waals surface area contributed by atoms with E-state index in [2.05, 4.69) is 16.7 Å². The fraction of sp³-hybridized carbons (Fsp3) is 0.588. The Morgan fingerprint density at radius 2 is 2.10 bits per heavy atom. The van der Waals surface area contributed by atoms with Gasteiger partial charge in [-0.05, 0) is 64.2 Å². The van der Waals surface area contributed by atoms with E-state index in [-0.39, 0.29) is 17.6 Å². The van der Waals surface area contributed by atoms with Gasteiger partial charge in [-0.2, -0.15) is 0 Å². The Bertz CT molecular complexity index is 474. The minimum absolute atomic E-state index is 0.0542. The highest BCUT2D eigenvalue weighted by molar-refractivity contribution is 5.99. The van der Waals surface area contributed by atoms with Crippen LogP contribution in [0.1, 0.15) is 37.0 Å². The van der Waals surface area contributed by atoms with Crippen LogP contribution in [-0.2, 0) is 0 Å². The maximum atomic E-state index is 12.9. The number of ketones is 1. The second-order valence-electron chi connectivity index (χ2n) is 5.91. The molecule has 1 heterocycles. The third-order valence-electron chi connectivity index (χ3n) is 4.57. The number of likely N-dealkylation sites (N-methyl/N-ethyl adjacent to an activating group) is 2. The fourth-order valence-electron chi connectivity index (χ4n) is 3.06. The van der Waals surface area contributed by atoms with E-state index in [1.165, 1.54) is 25.0 Å². The van der Waals surface area contributed by atoms with Crippen LogP contribution in [0.2, 0.25) is 0 Å². The van der Waals surface area contributed by atoms with Crippen molar-refractivity contribution < 1.29 is 9.18 Å². The van der Waals surface area contributed by atoms with Gasteiger partial charge in [-0.25, -0.2) is 4.39 Å². The van der Waals surface area contributed by atoms with Crippen molar-refractivity contribution in [3.63, 3.8) is 0 Å². The molecule has 4 heteroatoms. The first-order valence-electron chi connectivity index (χ1n) is 7.77. The molecule has 2 unspecified atom stereocenters. The van der Waals surface area contributed by atoms with Crippen molar-refractivity contribution >= 4 is 5.78 Å². The molecule has 0 saturated carbocycles. The Labute approximate surface area is 126 Å². The molecule has 1 aliphatic rings. The van der Waals surface area contributed by atoms with E-state index in [9.17, 15) is 9.18 Å². The Morgan fingerprint density at radius 1 is 1.43 bits per heavy atom. The molecular formula is C17H25FN2O. The largest absolute Gasteiger partial charge is 0.299 e. The number of hydrogen-bond donors (Lipinski definition) is 0. The van der Waals surface area contributed by atoms with Crippen LogP contribution in [0.15, 0.2) is 24.3 Å². The van der Waals surface area contributed by atoms with Crippen molar-refractivity contribution in [1.29, 1.82) is 0 Å². The molecule has 0 bridgehead atoms. The van der Waals surface area contributed by atoms with Gasteiger partial charge in [0.05, 0.1) is 6.04 Å². The molecule has 116 valence electrons.